The SMILES string of the molecule is COc1ccc2cccc(N=[N+]=[N-])c2n1. The highest BCUT2D eigenvalue weighted by molar-refractivity contribution is 5.89. The van der Waals surface area contributed by atoms with Crippen molar-refractivity contribution in [2.75, 3.05) is 7.11 Å². The average molecular weight is 200 g/mol. The number of ether oxygens (including phenoxy) is 1. The lowest BCUT2D eigenvalue weighted by Crippen LogP contribution is -1.87. The Labute approximate surface area is 85.9 Å². The highest BCUT2D eigenvalue weighted by Gasteiger charge is 2.01. The number of para-hydroxylation sites is 1. The maximum Gasteiger partial charge on any atom is 0.213 e. The van der Waals surface area contributed by atoms with Crippen LogP contribution in [0.15, 0.2) is 35.4 Å². The second-order valence-electron chi connectivity index (χ2n) is 2.89. The molecule has 0 spiro atoms. The summed E-state index contributed by atoms with van der Waals surface area (Å²) in [7, 11) is 1.55. The van der Waals surface area contributed by atoms with Crippen LogP contribution in [0, 0.1) is 0 Å². The molecule has 0 unspecified atom stereocenters. The smallest absolute Gasteiger partial charge is 0.213 e. The molecule has 1 heterocycles. The Morgan fingerprint density at radius 3 is 2.93 bits per heavy atom. The summed E-state index contributed by atoms with van der Waals surface area (Å²) in [5.74, 6) is 0.503. The molecule has 0 radical (unpaired) electrons. The number of benzene rings is 1. The van der Waals surface area contributed by atoms with E-state index in [2.05, 4.69) is 15.0 Å². The number of hydrogen-bond donors (Lipinski definition) is 0. The van der Waals surface area contributed by atoms with E-state index in [1.165, 1.54) is 0 Å². The van der Waals surface area contributed by atoms with Gasteiger partial charge in [0.1, 0.15) is 0 Å². The summed E-state index contributed by atoms with van der Waals surface area (Å²) in [6.45, 7) is 0. The quantitative estimate of drug-likeness (QED) is 0.424. The topological polar surface area (TPSA) is 70.9 Å². The Morgan fingerprint density at radius 2 is 2.20 bits per heavy atom. The molecule has 0 aliphatic carbocycles. The third-order valence-electron chi connectivity index (χ3n) is 2.03. The molecule has 1 aromatic carbocycles. The molecule has 2 rings (SSSR count). The number of aromatic nitrogens is 1. The van der Waals surface area contributed by atoms with Gasteiger partial charge in [-0.25, -0.2) is 4.98 Å². The third kappa shape index (κ3) is 1.68. The third-order valence-corrected chi connectivity index (χ3v) is 2.03. The van der Waals surface area contributed by atoms with Gasteiger partial charge in [-0.2, -0.15) is 0 Å². The summed E-state index contributed by atoms with van der Waals surface area (Å²) in [4.78, 5) is 6.98. The van der Waals surface area contributed by atoms with Gasteiger partial charge in [0.15, 0.2) is 0 Å². The molecule has 5 heteroatoms. The highest BCUT2D eigenvalue weighted by atomic mass is 16.5. The fraction of sp³-hybridized carbons (Fsp3) is 0.100. The Hall–Kier alpha value is -2.26. The molecule has 0 bridgehead atoms. The van der Waals surface area contributed by atoms with Crippen LogP contribution in [-0.4, -0.2) is 12.1 Å². The maximum atomic E-state index is 8.40. The lowest BCUT2D eigenvalue weighted by atomic mass is 10.2. The molecule has 0 fully saturated rings. The van der Waals surface area contributed by atoms with E-state index in [1.54, 1.807) is 19.2 Å². The van der Waals surface area contributed by atoms with E-state index in [0.29, 0.717) is 17.1 Å². The van der Waals surface area contributed by atoms with Crippen molar-refractivity contribution in [2.45, 2.75) is 0 Å². The van der Waals surface area contributed by atoms with E-state index < -0.39 is 0 Å². The summed E-state index contributed by atoms with van der Waals surface area (Å²) in [6.07, 6.45) is 0. The normalized spacial score (nSPS) is 9.67. The van der Waals surface area contributed by atoms with Crippen molar-refractivity contribution in [3.8, 4) is 5.88 Å². The first-order valence-electron chi connectivity index (χ1n) is 4.34. The van der Waals surface area contributed by atoms with Crippen molar-refractivity contribution in [1.82, 2.24) is 4.98 Å². The molecule has 0 saturated heterocycles. The van der Waals surface area contributed by atoms with Crippen molar-refractivity contribution in [2.24, 2.45) is 5.11 Å². The van der Waals surface area contributed by atoms with Crippen molar-refractivity contribution >= 4 is 16.6 Å². The molecule has 2 aromatic rings. The molecule has 74 valence electrons. The molecule has 0 aliphatic rings. The van der Waals surface area contributed by atoms with Gasteiger partial charge in [0.2, 0.25) is 5.88 Å². The van der Waals surface area contributed by atoms with Crippen molar-refractivity contribution in [1.29, 1.82) is 0 Å². The number of rotatable bonds is 2. The van der Waals surface area contributed by atoms with E-state index in [9.17, 15) is 0 Å². The number of methoxy groups -OCH3 is 1. The van der Waals surface area contributed by atoms with Gasteiger partial charge in [0, 0.05) is 16.4 Å². The molecule has 0 amide bonds. The van der Waals surface area contributed by atoms with E-state index >= 15 is 0 Å². The van der Waals surface area contributed by atoms with Crippen LogP contribution in [0.3, 0.4) is 0 Å². The van der Waals surface area contributed by atoms with Gasteiger partial charge in [0.05, 0.1) is 18.3 Å². The second kappa shape index (κ2) is 3.86. The standard InChI is InChI=1S/C10H8N4O/c1-15-9-6-5-7-3-2-4-8(13-14-11)10(7)12-9/h2-6H,1H3. The van der Waals surface area contributed by atoms with Gasteiger partial charge in [-0.1, -0.05) is 23.3 Å². The van der Waals surface area contributed by atoms with Crippen LogP contribution >= 0.6 is 0 Å². The van der Waals surface area contributed by atoms with Crippen LogP contribution in [-0.2, 0) is 0 Å². The summed E-state index contributed by atoms with van der Waals surface area (Å²) in [6, 6.07) is 9.08. The summed E-state index contributed by atoms with van der Waals surface area (Å²) in [5.41, 5.74) is 9.56. The lowest BCUT2D eigenvalue weighted by molar-refractivity contribution is 0.399. The van der Waals surface area contributed by atoms with Gasteiger partial charge in [-0.3, -0.25) is 0 Å². The van der Waals surface area contributed by atoms with Crippen LogP contribution in [0.5, 0.6) is 5.88 Å². The number of pyridine rings is 1. The molecule has 0 aliphatic heterocycles. The monoisotopic (exact) mass is 200 g/mol. The Kier molecular flexibility index (Phi) is 2.39. The zero-order chi connectivity index (χ0) is 10.7. The number of azide groups is 1. The van der Waals surface area contributed by atoms with E-state index in [0.717, 1.165) is 5.39 Å². The Balaban J connectivity index is 2.75. The van der Waals surface area contributed by atoms with E-state index in [4.69, 9.17) is 10.3 Å². The fourth-order valence-corrected chi connectivity index (χ4v) is 1.36. The van der Waals surface area contributed by atoms with Gasteiger partial charge < -0.3 is 4.74 Å². The minimum atomic E-state index is 0.503. The molecule has 15 heavy (non-hydrogen) atoms. The summed E-state index contributed by atoms with van der Waals surface area (Å²) in [5, 5.41) is 4.49. The zero-order valence-corrected chi connectivity index (χ0v) is 8.08. The first-order valence-corrected chi connectivity index (χ1v) is 4.34. The number of hydrogen-bond acceptors (Lipinski definition) is 3. The summed E-state index contributed by atoms with van der Waals surface area (Å²) < 4.78 is 5.01. The minimum absolute atomic E-state index is 0.503. The first-order chi connectivity index (χ1) is 7.35. The first kappa shape index (κ1) is 9.30. The lowest BCUT2D eigenvalue weighted by Gasteiger charge is -2.02. The van der Waals surface area contributed by atoms with Crippen LogP contribution in [0.4, 0.5) is 5.69 Å². The van der Waals surface area contributed by atoms with Crippen molar-refractivity contribution in [3.05, 3.63) is 40.8 Å². The largest absolute Gasteiger partial charge is 0.481 e. The van der Waals surface area contributed by atoms with Crippen LogP contribution < -0.4 is 4.74 Å². The zero-order valence-electron chi connectivity index (χ0n) is 8.08. The molecule has 0 saturated carbocycles. The van der Waals surface area contributed by atoms with Crippen LogP contribution in [0.25, 0.3) is 21.3 Å². The Bertz CT molecular complexity index is 546. The fourth-order valence-electron chi connectivity index (χ4n) is 1.36. The maximum absolute atomic E-state index is 8.40. The van der Waals surface area contributed by atoms with Crippen LogP contribution in [0.1, 0.15) is 0 Å². The second-order valence-corrected chi connectivity index (χ2v) is 2.89. The molecule has 0 N–H and O–H groups in total. The molecular weight excluding hydrogens is 192 g/mol. The average Bonchev–Trinajstić information content (AvgIpc) is 2.29. The van der Waals surface area contributed by atoms with Gasteiger partial charge in [-0.15, -0.1) is 0 Å². The number of fused-ring (bicyclic) bond motifs is 1. The predicted molar refractivity (Wildman–Crippen MR) is 57.1 cm³/mol. The molecule has 0 atom stereocenters. The highest BCUT2D eigenvalue weighted by Crippen LogP contribution is 2.26. The summed E-state index contributed by atoms with van der Waals surface area (Å²) >= 11 is 0. The molecule has 1 aromatic heterocycles. The number of nitrogens with zero attached hydrogens (tertiary/aromatic N) is 4. The minimum Gasteiger partial charge on any atom is -0.481 e. The van der Waals surface area contributed by atoms with E-state index in [-0.39, 0.29) is 0 Å². The Morgan fingerprint density at radius 1 is 1.33 bits per heavy atom. The van der Waals surface area contributed by atoms with Crippen molar-refractivity contribution in [3.63, 3.8) is 0 Å². The molecular formula is C10H8N4O. The van der Waals surface area contributed by atoms with Gasteiger partial charge in [0.25, 0.3) is 0 Å². The molecule has 5 nitrogen and oxygen atoms in total. The van der Waals surface area contributed by atoms with E-state index in [1.807, 2.05) is 18.2 Å². The van der Waals surface area contributed by atoms with Gasteiger partial charge in [-0.05, 0) is 11.6 Å². The predicted octanol–water partition coefficient (Wildman–Crippen LogP) is 3.19. The van der Waals surface area contributed by atoms with Crippen LogP contribution in [0.2, 0.25) is 0 Å². The van der Waals surface area contributed by atoms with Gasteiger partial charge >= 0.3 is 0 Å². The van der Waals surface area contributed by atoms with Crippen molar-refractivity contribution < 1.29 is 4.74 Å².